The van der Waals surface area contributed by atoms with Gasteiger partial charge in [0.1, 0.15) is 5.60 Å². The van der Waals surface area contributed by atoms with Crippen LogP contribution in [0.2, 0.25) is 0 Å². The summed E-state index contributed by atoms with van der Waals surface area (Å²) in [6.07, 6.45) is 2.93. The molecule has 0 saturated carbocycles. The van der Waals surface area contributed by atoms with Gasteiger partial charge in [-0.1, -0.05) is 30.3 Å². The summed E-state index contributed by atoms with van der Waals surface area (Å²) in [5.41, 5.74) is 1.99. The zero-order chi connectivity index (χ0) is 21.4. The predicted octanol–water partition coefficient (Wildman–Crippen LogP) is 3.63. The van der Waals surface area contributed by atoms with E-state index in [2.05, 4.69) is 10.3 Å². The van der Waals surface area contributed by atoms with E-state index in [-0.39, 0.29) is 5.91 Å². The minimum absolute atomic E-state index is 0.0439. The lowest BCUT2D eigenvalue weighted by Crippen LogP contribution is -2.52. The van der Waals surface area contributed by atoms with E-state index in [4.69, 9.17) is 9.47 Å². The highest BCUT2D eigenvalue weighted by Crippen LogP contribution is 2.33. The Bertz CT molecular complexity index is 1160. The molecule has 0 bridgehead atoms. The minimum Gasteiger partial charge on any atom is -0.481 e. The molecule has 158 valence electrons. The number of fused-ring (bicyclic) bond motifs is 1. The molecule has 31 heavy (non-hydrogen) atoms. The normalized spacial score (nSPS) is 20.5. The average molecular weight is 417 g/mol. The highest BCUT2D eigenvalue weighted by atomic mass is 16.6. The lowest BCUT2D eigenvalue weighted by molar-refractivity contribution is -0.00497. The number of benzene rings is 2. The van der Waals surface area contributed by atoms with Crippen molar-refractivity contribution in [2.45, 2.75) is 18.4 Å². The van der Waals surface area contributed by atoms with E-state index < -0.39 is 11.7 Å². The summed E-state index contributed by atoms with van der Waals surface area (Å²) in [6.45, 7) is 1.50. The third-order valence-electron chi connectivity index (χ3n) is 6.10. The number of likely N-dealkylation sites (tertiary alicyclic amines) is 1. The second-order valence-corrected chi connectivity index (χ2v) is 8.05. The van der Waals surface area contributed by atoms with Gasteiger partial charge >= 0.3 is 6.09 Å². The van der Waals surface area contributed by atoms with Crippen molar-refractivity contribution in [1.29, 1.82) is 0 Å². The summed E-state index contributed by atoms with van der Waals surface area (Å²) in [7, 11) is 1.59. The van der Waals surface area contributed by atoms with E-state index in [1.54, 1.807) is 18.2 Å². The van der Waals surface area contributed by atoms with E-state index in [0.29, 0.717) is 31.1 Å². The maximum absolute atomic E-state index is 13.5. The van der Waals surface area contributed by atoms with Crippen molar-refractivity contribution >= 4 is 22.8 Å². The van der Waals surface area contributed by atoms with Crippen LogP contribution in [-0.2, 0) is 4.74 Å². The maximum Gasteiger partial charge on any atom is 0.407 e. The van der Waals surface area contributed by atoms with Gasteiger partial charge in [-0.2, -0.15) is 0 Å². The van der Waals surface area contributed by atoms with Crippen LogP contribution in [0, 0.1) is 0 Å². The van der Waals surface area contributed by atoms with Gasteiger partial charge in [-0.15, -0.1) is 0 Å². The van der Waals surface area contributed by atoms with Gasteiger partial charge in [-0.3, -0.25) is 4.79 Å². The van der Waals surface area contributed by atoms with Crippen molar-refractivity contribution in [2.75, 3.05) is 26.7 Å². The summed E-state index contributed by atoms with van der Waals surface area (Å²) < 4.78 is 10.7. The molecule has 2 saturated heterocycles. The van der Waals surface area contributed by atoms with Crippen LogP contribution in [0.4, 0.5) is 4.79 Å². The molecule has 3 heterocycles. The molecule has 3 aromatic rings. The summed E-state index contributed by atoms with van der Waals surface area (Å²) in [4.78, 5) is 31.2. The summed E-state index contributed by atoms with van der Waals surface area (Å²) in [5.74, 6) is 0.513. The van der Waals surface area contributed by atoms with Gasteiger partial charge in [0.05, 0.1) is 20.2 Å². The van der Waals surface area contributed by atoms with Crippen LogP contribution < -0.4 is 10.1 Å². The number of ether oxygens (including phenoxy) is 2. The number of nitrogens with one attached hydrogen (secondary N) is 1. The van der Waals surface area contributed by atoms with Crippen molar-refractivity contribution in [3.8, 4) is 17.0 Å². The Morgan fingerprint density at radius 2 is 2.00 bits per heavy atom. The fraction of sp³-hybridized carbons (Fsp3) is 0.292. The van der Waals surface area contributed by atoms with Crippen LogP contribution >= 0.6 is 0 Å². The van der Waals surface area contributed by atoms with E-state index in [1.807, 2.05) is 48.5 Å². The monoisotopic (exact) mass is 417 g/mol. The number of aromatic nitrogens is 1. The third-order valence-corrected chi connectivity index (χ3v) is 6.10. The molecular weight excluding hydrogens is 394 g/mol. The smallest absolute Gasteiger partial charge is 0.407 e. The number of hydrogen-bond acceptors (Lipinski definition) is 5. The number of hydrogen-bond donors (Lipinski definition) is 1. The van der Waals surface area contributed by atoms with Crippen LogP contribution in [0.1, 0.15) is 23.2 Å². The van der Waals surface area contributed by atoms with Gasteiger partial charge in [-0.25, -0.2) is 9.78 Å². The number of nitrogens with zero attached hydrogens (tertiary/aromatic N) is 2. The number of carbonyl (C=O) groups is 2. The van der Waals surface area contributed by atoms with Crippen molar-refractivity contribution in [3.63, 3.8) is 0 Å². The molecule has 5 rings (SSSR count). The minimum atomic E-state index is -0.616. The van der Waals surface area contributed by atoms with E-state index in [1.165, 1.54) is 0 Å². The van der Waals surface area contributed by atoms with Crippen molar-refractivity contribution in [2.24, 2.45) is 0 Å². The van der Waals surface area contributed by atoms with E-state index >= 15 is 0 Å². The largest absolute Gasteiger partial charge is 0.481 e. The first kappa shape index (κ1) is 19.4. The highest BCUT2D eigenvalue weighted by Gasteiger charge is 2.45. The molecule has 1 atom stereocenters. The molecule has 7 heteroatoms. The Kier molecular flexibility index (Phi) is 4.73. The van der Waals surface area contributed by atoms with Gasteiger partial charge in [0, 0.05) is 29.9 Å². The van der Waals surface area contributed by atoms with Crippen molar-refractivity contribution in [3.05, 3.63) is 60.3 Å². The van der Waals surface area contributed by atoms with E-state index in [0.717, 1.165) is 34.7 Å². The van der Waals surface area contributed by atoms with Gasteiger partial charge in [0.25, 0.3) is 5.91 Å². The molecule has 2 aliphatic rings. The molecule has 7 nitrogen and oxygen atoms in total. The number of carbonyl (C=O) groups excluding carboxylic acids is 2. The first-order valence-electron chi connectivity index (χ1n) is 10.4. The fourth-order valence-corrected chi connectivity index (χ4v) is 4.57. The third kappa shape index (κ3) is 3.46. The Labute approximate surface area is 180 Å². The first-order valence-corrected chi connectivity index (χ1v) is 10.4. The molecule has 0 aliphatic carbocycles. The van der Waals surface area contributed by atoms with Crippen LogP contribution in [0.15, 0.2) is 54.7 Å². The van der Waals surface area contributed by atoms with Gasteiger partial charge in [0.2, 0.25) is 5.88 Å². The number of pyridine rings is 1. The van der Waals surface area contributed by atoms with Crippen LogP contribution in [0.5, 0.6) is 5.88 Å². The first-order chi connectivity index (χ1) is 15.1. The number of piperidine rings is 1. The Morgan fingerprint density at radius 3 is 2.71 bits per heavy atom. The van der Waals surface area contributed by atoms with Gasteiger partial charge in [0.15, 0.2) is 0 Å². The van der Waals surface area contributed by atoms with Crippen molar-refractivity contribution < 1.29 is 19.1 Å². The zero-order valence-corrected chi connectivity index (χ0v) is 17.3. The standard InChI is InChI=1S/C24H23N3O4/c1-30-21-10-7-16(13-25-21)17-8-9-20(19-6-3-2-5-18(17)19)22(28)27-12-4-11-24(15-27)14-26-23(29)31-24/h2-3,5-10,13H,4,11-12,14-15H2,1H3,(H,26,29). The SMILES string of the molecule is COc1ccc(-c2ccc(C(=O)N3CCCC4(CNC(=O)O4)C3)c3ccccc23)cn1. The number of methoxy groups -OCH3 is 1. The Hall–Kier alpha value is -3.61. The lowest BCUT2D eigenvalue weighted by Gasteiger charge is -2.38. The summed E-state index contributed by atoms with van der Waals surface area (Å²) >= 11 is 0. The fourth-order valence-electron chi connectivity index (χ4n) is 4.57. The zero-order valence-electron chi connectivity index (χ0n) is 17.3. The Balaban J connectivity index is 1.50. The molecule has 1 spiro atoms. The molecular formula is C24H23N3O4. The van der Waals surface area contributed by atoms with Gasteiger partial charge in [-0.05, 0) is 41.3 Å². The quantitative estimate of drug-likeness (QED) is 0.704. The maximum atomic E-state index is 13.5. The van der Waals surface area contributed by atoms with Crippen LogP contribution in [0.25, 0.3) is 21.9 Å². The molecule has 1 unspecified atom stereocenters. The van der Waals surface area contributed by atoms with Crippen LogP contribution in [-0.4, -0.2) is 54.2 Å². The molecule has 2 aromatic carbocycles. The number of alkyl carbamates (subject to hydrolysis) is 1. The molecule has 1 N–H and O–H groups in total. The highest BCUT2D eigenvalue weighted by molar-refractivity contribution is 6.11. The topological polar surface area (TPSA) is 80.8 Å². The molecule has 2 amide bonds. The van der Waals surface area contributed by atoms with E-state index in [9.17, 15) is 9.59 Å². The number of amides is 2. The second-order valence-electron chi connectivity index (χ2n) is 8.05. The lowest BCUT2D eigenvalue weighted by atomic mass is 9.91. The predicted molar refractivity (Wildman–Crippen MR) is 116 cm³/mol. The van der Waals surface area contributed by atoms with Gasteiger partial charge < -0.3 is 19.7 Å². The summed E-state index contributed by atoms with van der Waals surface area (Å²) in [5, 5.41) is 4.61. The molecule has 0 radical (unpaired) electrons. The summed E-state index contributed by atoms with van der Waals surface area (Å²) in [6, 6.07) is 15.5. The molecule has 2 aliphatic heterocycles. The van der Waals surface area contributed by atoms with Crippen LogP contribution in [0.3, 0.4) is 0 Å². The molecule has 1 aromatic heterocycles. The van der Waals surface area contributed by atoms with Crippen molar-refractivity contribution in [1.82, 2.24) is 15.2 Å². The number of rotatable bonds is 3. The second kappa shape index (κ2) is 7.58. The Morgan fingerprint density at radius 1 is 1.16 bits per heavy atom. The average Bonchev–Trinajstić information content (AvgIpc) is 3.17. The molecule has 2 fully saturated rings.